The lowest BCUT2D eigenvalue weighted by atomic mass is 10.2. The molecule has 1 aliphatic rings. The van der Waals surface area contributed by atoms with Crippen LogP contribution in [0.4, 0.5) is 0 Å². The third-order valence-corrected chi connectivity index (χ3v) is 2.42. The Morgan fingerprint density at radius 3 is 2.62 bits per heavy atom. The Hall–Kier alpha value is -0.860. The standard InChI is InChI=1S/C11H15NO/c12-11-6-10(11)8-13-7-9-4-2-1-3-5-9/h1-5,10-11H,6-8,12H2/t10?,11-/m1/s1. The second-order valence-corrected chi connectivity index (χ2v) is 3.66. The summed E-state index contributed by atoms with van der Waals surface area (Å²) in [6, 6.07) is 10.6. The van der Waals surface area contributed by atoms with Gasteiger partial charge in [0.15, 0.2) is 0 Å². The van der Waals surface area contributed by atoms with Crippen LogP contribution in [0, 0.1) is 5.92 Å². The van der Waals surface area contributed by atoms with Crippen molar-refractivity contribution in [2.45, 2.75) is 19.1 Å². The van der Waals surface area contributed by atoms with Crippen LogP contribution >= 0.6 is 0 Å². The predicted octanol–water partition coefficient (Wildman–Crippen LogP) is 1.55. The summed E-state index contributed by atoms with van der Waals surface area (Å²) in [6.45, 7) is 1.53. The summed E-state index contributed by atoms with van der Waals surface area (Å²) in [7, 11) is 0. The van der Waals surface area contributed by atoms with Gasteiger partial charge in [-0.05, 0) is 17.9 Å². The van der Waals surface area contributed by atoms with Gasteiger partial charge in [-0.3, -0.25) is 0 Å². The van der Waals surface area contributed by atoms with E-state index in [4.69, 9.17) is 10.5 Å². The van der Waals surface area contributed by atoms with Crippen LogP contribution in [0.15, 0.2) is 30.3 Å². The van der Waals surface area contributed by atoms with Crippen molar-refractivity contribution in [2.24, 2.45) is 11.7 Å². The summed E-state index contributed by atoms with van der Waals surface area (Å²) in [5.74, 6) is 0.615. The molecule has 2 heteroatoms. The second-order valence-electron chi connectivity index (χ2n) is 3.66. The highest BCUT2D eigenvalue weighted by Crippen LogP contribution is 2.27. The molecule has 1 aromatic rings. The maximum atomic E-state index is 5.67. The fourth-order valence-corrected chi connectivity index (χ4v) is 1.37. The van der Waals surface area contributed by atoms with Crippen LogP contribution in [0.2, 0.25) is 0 Å². The summed E-state index contributed by atoms with van der Waals surface area (Å²) < 4.78 is 5.53. The van der Waals surface area contributed by atoms with Gasteiger partial charge in [0.2, 0.25) is 0 Å². The van der Waals surface area contributed by atoms with Crippen molar-refractivity contribution in [3.63, 3.8) is 0 Å². The molecule has 1 aromatic carbocycles. The minimum Gasteiger partial charge on any atom is -0.376 e. The highest BCUT2D eigenvalue weighted by Gasteiger charge is 2.33. The average Bonchev–Trinajstić information content (AvgIpc) is 2.84. The molecule has 0 saturated heterocycles. The topological polar surface area (TPSA) is 35.2 Å². The molecule has 2 nitrogen and oxygen atoms in total. The van der Waals surface area contributed by atoms with Crippen molar-refractivity contribution in [3.8, 4) is 0 Å². The molecule has 0 amide bonds. The quantitative estimate of drug-likeness (QED) is 0.757. The third kappa shape index (κ3) is 2.54. The van der Waals surface area contributed by atoms with Crippen molar-refractivity contribution in [3.05, 3.63) is 35.9 Å². The lowest BCUT2D eigenvalue weighted by molar-refractivity contribution is 0.110. The molecule has 1 saturated carbocycles. The van der Waals surface area contributed by atoms with E-state index < -0.39 is 0 Å². The predicted molar refractivity (Wildman–Crippen MR) is 52.2 cm³/mol. The number of nitrogens with two attached hydrogens (primary N) is 1. The van der Waals surface area contributed by atoms with Gasteiger partial charge < -0.3 is 10.5 Å². The fraction of sp³-hybridized carbons (Fsp3) is 0.455. The Labute approximate surface area is 78.7 Å². The number of hydrogen-bond donors (Lipinski definition) is 1. The van der Waals surface area contributed by atoms with E-state index in [9.17, 15) is 0 Å². The zero-order chi connectivity index (χ0) is 9.10. The van der Waals surface area contributed by atoms with Crippen molar-refractivity contribution in [1.82, 2.24) is 0 Å². The minimum absolute atomic E-state index is 0.399. The van der Waals surface area contributed by atoms with Crippen molar-refractivity contribution in [1.29, 1.82) is 0 Å². The van der Waals surface area contributed by atoms with Crippen LogP contribution in [0.5, 0.6) is 0 Å². The van der Waals surface area contributed by atoms with Gasteiger partial charge in [-0.25, -0.2) is 0 Å². The van der Waals surface area contributed by atoms with Gasteiger partial charge in [-0.1, -0.05) is 30.3 Å². The van der Waals surface area contributed by atoms with E-state index in [1.54, 1.807) is 0 Å². The number of ether oxygens (including phenoxy) is 1. The first-order valence-corrected chi connectivity index (χ1v) is 4.73. The lowest BCUT2D eigenvalue weighted by Crippen LogP contribution is -2.06. The molecule has 0 aromatic heterocycles. The lowest BCUT2D eigenvalue weighted by Gasteiger charge is -2.02. The van der Waals surface area contributed by atoms with Crippen molar-refractivity contribution < 1.29 is 4.74 Å². The fourth-order valence-electron chi connectivity index (χ4n) is 1.37. The number of rotatable bonds is 4. The van der Waals surface area contributed by atoms with Crippen molar-refractivity contribution >= 4 is 0 Å². The van der Waals surface area contributed by atoms with Gasteiger partial charge in [-0.15, -0.1) is 0 Å². The Balaban J connectivity index is 1.68. The van der Waals surface area contributed by atoms with Crippen LogP contribution in [0.1, 0.15) is 12.0 Å². The average molecular weight is 177 g/mol. The molecule has 1 fully saturated rings. The first-order chi connectivity index (χ1) is 6.36. The van der Waals surface area contributed by atoms with E-state index in [1.807, 2.05) is 18.2 Å². The Kier molecular flexibility index (Phi) is 2.62. The molecule has 70 valence electrons. The van der Waals surface area contributed by atoms with E-state index in [-0.39, 0.29) is 0 Å². The molecule has 13 heavy (non-hydrogen) atoms. The summed E-state index contributed by atoms with van der Waals surface area (Å²) in [5.41, 5.74) is 6.90. The molecule has 2 N–H and O–H groups in total. The first kappa shape index (κ1) is 8.73. The molecule has 0 bridgehead atoms. The van der Waals surface area contributed by atoms with E-state index >= 15 is 0 Å². The Morgan fingerprint density at radius 1 is 1.31 bits per heavy atom. The SMILES string of the molecule is N[C@@H]1CC1COCc1ccccc1. The van der Waals surface area contributed by atoms with E-state index in [0.717, 1.165) is 13.0 Å². The van der Waals surface area contributed by atoms with Gasteiger partial charge in [0.25, 0.3) is 0 Å². The third-order valence-electron chi connectivity index (χ3n) is 2.42. The molecule has 0 spiro atoms. The molecule has 2 atom stereocenters. The molecular weight excluding hydrogens is 162 g/mol. The molecular formula is C11H15NO. The summed E-state index contributed by atoms with van der Waals surface area (Å²) in [5, 5.41) is 0. The smallest absolute Gasteiger partial charge is 0.0717 e. The van der Waals surface area contributed by atoms with Crippen LogP contribution in [0.3, 0.4) is 0 Å². The molecule has 2 rings (SSSR count). The summed E-state index contributed by atoms with van der Waals surface area (Å²) >= 11 is 0. The van der Waals surface area contributed by atoms with E-state index in [1.165, 1.54) is 5.56 Å². The van der Waals surface area contributed by atoms with Crippen LogP contribution in [-0.2, 0) is 11.3 Å². The monoisotopic (exact) mass is 177 g/mol. The van der Waals surface area contributed by atoms with Crippen LogP contribution in [0.25, 0.3) is 0 Å². The second kappa shape index (κ2) is 3.90. The van der Waals surface area contributed by atoms with Gasteiger partial charge in [0.05, 0.1) is 13.2 Å². The Bertz CT molecular complexity index is 260. The number of hydrogen-bond acceptors (Lipinski definition) is 2. The van der Waals surface area contributed by atoms with Gasteiger partial charge in [0, 0.05) is 6.04 Å². The number of benzene rings is 1. The van der Waals surface area contributed by atoms with Crippen LogP contribution < -0.4 is 5.73 Å². The van der Waals surface area contributed by atoms with E-state index in [2.05, 4.69) is 12.1 Å². The minimum atomic E-state index is 0.399. The van der Waals surface area contributed by atoms with Crippen molar-refractivity contribution in [2.75, 3.05) is 6.61 Å². The maximum Gasteiger partial charge on any atom is 0.0717 e. The normalized spacial score (nSPS) is 25.9. The summed E-state index contributed by atoms with van der Waals surface area (Å²) in [4.78, 5) is 0. The highest BCUT2D eigenvalue weighted by molar-refractivity contribution is 5.13. The molecule has 1 unspecified atom stereocenters. The molecule has 0 heterocycles. The highest BCUT2D eigenvalue weighted by atomic mass is 16.5. The zero-order valence-electron chi connectivity index (χ0n) is 7.65. The zero-order valence-corrected chi connectivity index (χ0v) is 7.65. The maximum absolute atomic E-state index is 5.67. The van der Waals surface area contributed by atoms with Crippen LogP contribution in [-0.4, -0.2) is 12.6 Å². The Morgan fingerprint density at radius 2 is 2.00 bits per heavy atom. The van der Waals surface area contributed by atoms with Gasteiger partial charge in [-0.2, -0.15) is 0 Å². The first-order valence-electron chi connectivity index (χ1n) is 4.73. The molecule has 0 radical (unpaired) electrons. The van der Waals surface area contributed by atoms with Gasteiger partial charge >= 0.3 is 0 Å². The molecule has 0 aliphatic heterocycles. The molecule has 1 aliphatic carbocycles. The summed E-state index contributed by atoms with van der Waals surface area (Å²) in [6.07, 6.45) is 1.13. The van der Waals surface area contributed by atoms with E-state index in [0.29, 0.717) is 18.6 Å². The largest absolute Gasteiger partial charge is 0.376 e. The van der Waals surface area contributed by atoms with Gasteiger partial charge in [0.1, 0.15) is 0 Å².